The van der Waals surface area contributed by atoms with Crippen molar-refractivity contribution in [1.82, 2.24) is 9.78 Å². The lowest BCUT2D eigenvalue weighted by atomic mass is 10.1. The van der Waals surface area contributed by atoms with E-state index >= 15 is 0 Å². The molecule has 4 aromatic rings. The minimum Gasteiger partial charge on any atom is -0.497 e. The summed E-state index contributed by atoms with van der Waals surface area (Å²) in [7, 11) is 1.53. The van der Waals surface area contributed by atoms with Crippen LogP contribution >= 0.6 is 0 Å². The Kier molecular flexibility index (Phi) is 5.34. The molecule has 0 aliphatic heterocycles. The van der Waals surface area contributed by atoms with Crippen LogP contribution in [0, 0.1) is 26.0 Å². The second-order valence-corrected chi connectivity index (χ2v) is 6.75. The molecule has 0 radical (unpaired) electrons. The molecule has 160 valence electrons. The zero-order valence-electron chi connectivity index (χ0n) is 16.6. The number of methoxy groups -OCH3 is 1. The van der Waals surface area contributed by atoms with E-state index in [4.69, 9.17) is 4.74 Å². The molecular formula is C22H15FN4O5. The molecule has 0 fully saturated rings. The van der Waals surface area contributed by atoms with Crippen LogP contribution in [0.5, 0.6) is 5.75 Å². The van der Waals surface area contributed by atoms with E-state index < -0.39 is 27.0 Å². The molecule has 0 unspecified atom stereocenters. The summed E-state index contributed by atoms with van der Waals surface area (Å²) in [5.74, 6) is 0.217. The zero-order chi connectivity index (χ0) is 22.8. The normalized spacial score (nSPS) is 10.7. The maximum absolute atomic E-state index is 13.4. The first-order valence-electron chi connectivity index (χ1n) is 9.31. The van der Waals surface area contributed by atoms with Crippen LogP contribution in [0.25, 0.3) is 28.2 Å². The molecule has 10 heteroatoms. The van der Waals surface area contributed by atoms with Crippen LogP contribution in [0.15, 0.2) is 72.8 Å². The van der Waals surface area contributed by atoms with Gasteiger partial charge in [-0.05, 0) is 60.7 Å². The van der Waals surface area contributed by atoms with E-state index in [1.165, 1.54) is 36.1 Å². The Hall–Kier alpha value is -4.60. The molecule has 0 spiro atoms. The first-order chi connectivity index (χ1) is 15.4. The SMILES string of the molecule is COc1ccc(-c2cc(-c3ccc(F)cc3)nn2-c2ccc([N+](=O)[O-])cc2[N+](=O)[O-])cc1. The van der Waals surface area contributed by atoms with Crippen molar-refractivity contribution in [3.05, 3.63) is 98.8 Å². The number of hydrogen-bond donors (Lipinski definition) is 0. The van der Waals surface area contributed by atoms with Gasteiger partial charge in [0.15, 0.2) is 0 Å². The molecule has 9 nitrogen and oxygen atoms in total. The second-order valence-electron chi connectivity index (χ2n) is 6.75. The quantitative estimate of drug-likeness (QED) is 0.306. The molecule has 0 amide bonds. The molecule has 32 heavy (non-hydrogen) atoms. The summed E-state index contributed by atoms with van der Waals surface area (Å²) >= 11 is 0. The van der Waals surface area contributed by atoms with Gasteiger partial charge in [-0.3, -0.25) is 20.2 Å². The number of halogens is 1. The highest BCUT2D eigenvalue weighted by Crippen LogP contribution is 2.34. The van der Waals surface area contributed by atoms with Gasteiger partial charge < -0.3 is 4.74 Å². The molecule has 3 aromatic carbocycles. The van der Waals surface area contributed by atoms with E-state index in [9.17, 15) is 24.6 Å². The van der Waals surface area contributed by atoms with E-state index in [2.05, 4.69) is 5.10 Å². The molecule has 0 saturated heterocycles. The molecule has 0 bridgehead atoms. The van der Waals surface area contributed by atoms with Crippen LogP contribution in [0.2, 0.25) is 0 Å². The van der Waals surface area contributed by atoms with Crippen molar-refractivity contribution in [2.24, 2.45) is 0 Å². The molecule has 1 aromatic heterocycles. The fourth-order valence-electron chi connectivity index (χ4n) is 3.24. The van der Waals surface area contributed by atoms with Crippen molar-refractivity contribution in [3.8, 4) is 34.0 Å². The average molecular weight is 434 g/mol. The Bertz CT molecular complexity index is 1320. The van der Waals surface area contributed by atoms with Gasteiger partial charge in [-0.1, -0.05) is 0 Å². The first kappa shape index (κ1) is 20.7. The van der Waals surface area contributed by atoms with Crippen LogP contribution < -0.4 is 4.74 Å². The number of benzene rings is 3. The van der Waals surface area contributed by atoms with Crippen molar-refractivity contribution >= 4 is 11.4 Å². The topological polar surface area (TPSA) is 113 Å². The zero-order valence-corrected chi connectivity index (χ0v) is 16.6. The third-order valence-electron chi connectivity index (χ3n) is 4.83. The minimum atomic E-state index is -0.700. The summed E-state index contributed by atoms with van der Waals surface area (Å²) in [5.41, 5.74) is 1.41. The van der Waals surface area contributed by atoms with E-state index in [1.54, 1.807) is 42.5 Å². The first-order valence-corrected chi connectivity index (χ1v) is 9.31. The summed E-state index contributed by atoms with van der Waals surface area (Å²) in [6.07, 6.45) is 0. The lowest BCUT2D eigenvalue weighted by Gasteiger charge is -2.09. The predicted octanol–water partition coefficient (Wildman–Crippen LogP) is 5.17. The van der Waals surface area contributed by atoms with Gasteiger partial charge in [0.1, 0.15) is 17.3 Å². The smallest absolute Gasteiger partial charge is 0.301 e. The third-order valence-corrected chi connectivity index (χ3v) is 4.83. The summed E-state index contributed by atoms with van der Waals surface area (Å²) in [4.78, 5) is 21.4. The maximum Gasteiger partial charge on any atom is 0.301 e. The summed E-state index contributed by atoms with van der Waals surface area (Å²) < 4.78 is 19.9. The standard InChI is InChI=1S/C22H15FN4O5/c1-32-18-9-4-15(5-10-18)21-13-19(14-2-6-16(23)7-3-14)24-25(21)20-11-8-17(26(28)29)12-22(20)27(30)31/h2-13H,1H3. The van der Waals surface area contributed by atoms with Gasteiger partial charge >= 0.3 is 5.69 Å². The van der Waals surface area contributed by atoms with Gasteiger partial charge in [0.25, 0.3) is 5.69 Å². The summed E-state index contributed by atoms with van der Waals surface area (Å²) in [5, 5.41) is 27.3. The van der Waals surface area contributed by atoms with Crippen LogP contribution in [0.1, 0.15) is 0 Å². The molecule has 0 aliphatic carbocycles. The molecule has 4 rings (SSSR count). The number of hydrogen-bond acceptors (Lipinski definition) is 6. The molecule has 0 atom stereocenters. The van der Waals surface area contributed by atoms with Crippen molar-refractivity contribution in [2.45, 2.75) is 0 Å². The number of ether oxygens (including phenoxy) is 1. The van der Waals surface area contributed by atoms with Crippen LogP contribution in [-0.4, -0.2) is 26.7 Å². The van der Waals surface area contributed by atoms with E-state index in [0.717, 1.165) is 6.07 Å². The number of non-ortho nitro benzene ring substituents is 1. The molecule has 0 saturated carbocycles. The van der Waals surface area contributed by atoms with Crippen molar-refractivity contribution in [3.63, 3.8) is 0 Å². The van der Waals surface area contributed by atoms with Crippen LogP contribution in [-0.2, 0) is 0 Å². The number of nitro benzene ring substituents is 2. The average Bonchev–Trinajstić information content (AvgIpc) is 3.24. The van der Waals surface area contributed by atoms with Crippen molar-refractivity contribution in [2.75, 3.05) is 7.11 Å². The van der Waals surface area contributed by atoms with E-state index in [1.807, 2.05) is 0 Å². The van der Waals surface area contributed by atoms with Crippen LogP contribution in [0.3, 0.4) is 0 Å². The van der Waals surface area contributed by atoms with E-state index in [0.29, 0.717) is 28.3 Å². The van der Waals surface area contributed by atoms with Gasteiger partial charge in [-0.25, -0.2) is 9.07 Å². The van der Waals surface area contributed by atoms with Crippen molar-refractivity contribution < 1.29 is 19.0 Å². The largest absolute Gasteiger partial charge is 0.497 e. The lowest BCUT2D eigenvalue weighted by molar-refractivity contribution is -0.394. The molecule has 0 N–H and O–H groups in total. The Morgan fingerprint density at radius 2 is 1.53 bits per heavy atom. The van der Waals surface area contributed by atoms with E-state index in [-0.39, 0.29) is 5.69 Å². The predicted molar refractivity (Wildman–Crippen MR) is 114 cm³/mol. The van der Waals surface area contributed by atoms with Gasteiger partial charge in [-0.15, -0.1) is 0 Å². The Morgan fingerprint density at radius 1 is 0.875 bits per heavy atom. The minimum absolute atomic E-state index is 0.0554. The molecule has 0 aliphatic rings. The number of nitrogens with zero attached hydrogens (tertiary/aromatic N) is 4. The highest BCUT2D eigenvalue weighted by Gasteiger charge is 2.24. The monoisotopic (exact) mass is 434 g/mol. The molecule has 1 heterocycles. The lowest BCUT2D eigenvalue weighted by Crippen LogP contribution is -2.04. The number of rotatable bonds is 6. The van der Waals surface area contributed by atoms with Crippen LogP contribution in [0.4, 0.5) is 15.8 Å². The Balaban J connectivity index is 1.95. The van der Waals surface area contributed by atoms with Gasteiger partial charge in [-0.2, -0.15) is 5.10 Å². The fourth-order valence-corrected chi connectivity index (χ4v) is 3.24. The van der Waals surface area contributed by atoms with Gasteiger partial charge in [0, 0.05) is 17.2 Å². The summed E-state index contributed by atoms with van der Waals surface area (Å²) in [6, 6.07) is 17.7. The molecular weight excluding hydrogens is 419 g/mol. The van der Waals surface area contributed by atoms with Gasteiger partial charge in [0.2, 0.25) is 0 Å². The third kappa shape index (κ3) is 3.88. The number of nitro groups is 2. The summed E-state index contributed by atoms with van der Waals surface area (Å²) in [6.45, 7) is 0. The van der Waals surface area contributed by atoms with Gasteiger partial charge in [0.05, 0.1) is 34.4 Å². The Morgan fingerprint density at radius 3 is 2.12 bits per heavy atom. The maximum atomic E-state index is 13.4. The fraction of sp³-hybridized carbons (Fsp3) is 0.0455. The highest BCUT2D eigenvalue weighted by atomic mass is 19.1. The highest BCUT2D eigenvalue weighted by molar-refractivity contribution is 5.72. The van der Waals surface area contributed by atoms with Crippen molar-refractivity contribution in [1.29, 1.82) is 0 Å². The second kappa shape index (κ2) is 8.26. The number of aromatic nitrogens is 2. The Labute approximate surface area is 180 Å².